The minimum Gasteiger partial charge on any atom is -0.462 e. The van der Waals surface area contributed by atoms with Crippen molar-refractivity contribution < 1.29 is 66.3 Å². The molecule has 0 saturated carbocycles. The summed E-state index contributed by atoms with van der Waals surface area (Å²) in [6.45, 7) is 2.15. The molecule has 18 nitrogen and oxygen atoms in total. The van der Waals surface area contributed by atoms with Crippen molar-refractivity contribution in [3.63, 3.8) is 0 Å². The molecule has 7 atom stereocenters. The van der Waals surface area contributed by atoms with Crippen molar-refractivity contribution in [2.45, 2.75) is 224 Å². The van der Waals surface area contributed by atoms with E-state index in [9.17, 15) is 43.5 Å². The molecule has 1 saturated heterocycles. The highest BCUT2D eigenvalue weighted by molar-refractivity contribution is 7.61. The lowest BCUT2D eigenvalue weighted by Gasteiger charge is -2.21. The lowest BCUT2D eigenvalue weighted by molar-refractivity contribution is -0.161. The van der Waals surface area contributed by atoms with Crippen molar-refractivity contribution >= 4 is 33.4 Å². The van der Waals surface area contributed by atoms with Gasteiger partial charge in [-0.1, -0.05) is 154 Å². The monoisotopic (exact) mass is 980 g/mol. The first kappa shape index (κ1) is 59.6. The van der Waals surface area contributed by atoms with E-state index in [1.54, 1.807) is 0 Å². The first-order chi connectivity index (χ1) is 31.7. The SMILES string of the molecule is CCCCCCCCC=CCCCCCCCC(=O)OC(COC(=O)CCCCCCCCCCCCCCC)COP(=O)(O)OP(=O)(O)OCC1OC(n2ccc(N)nc2=O)C(O)C1O. The predicted molar refractivity (Wildman–Crippen MR) is 252 cm³/mol. The van der Waals surface area contributed by atoms with Crippen LogP contribution < -0.4 is 11.4 Å². The molecular formula is C46H83N3O15P2. The molecule has 2 heterocycles. The van der Waals surface area contributed by atoms with E-state index in [0.717, 1.165) is 68.8 Å². The van der Waals surface area contributed by atoms with Gasteiger partial charge in [-0.05, 0) is 44.6 Å². The Morgan fingerprint density at radius 1 is 0.712 bits per heavy atom. The Morgan fingerprint density at radius 2 is 1.18 bits per heavy atom. The van der Waals surface area contributed by atoms with E-state index in [4.69, 9.17) is 29.0 Å². The average molecular weight is 980 g/mol. The summed E-state index contributed by atoms with van der Waals surface area (Å²) in [5, 5.41) is 20.9. The minimum atomic E-state index is -5.42. The second-order valence-corrected chi connectivity index (χ2v) is 20.4. The van der Waals surface area contributed by atoms with Crippen LogP contribution in [0.25, 0.3) is 0 Å². The number of rotatable bonds is 41. The Labute approximate surface area is 392 Å². The number of carbonyl (C=O) groups is 2. The maximum absolute atomic E-state index is 12.8. The Morgan fingerprint density at radius 3 is 1.70 bits per heavy atom. The lowest BCUT2D eigenvalue weighted by Crippen LogP contribution is -2.36. The zero-order chi connectivity index (χ0) is 48.5. The highest BCUT2D eigenvalue weighted by atomic mass is 31.3. The molecule has 0 aromatic carbocycles. The molecule has 1 aromatic heterocycles. The summed E-state index contributed by atoms with van der Waals surface area (Å²) in [6, 6.07) is 1.25. The van der Waals surface area contributed by atoms with E-state index in [0.29, 0.717) is 12.8 Å². The van der Waals surface area contributed by atoms with E-state index in [1.165, 1.54) is 102 Å². The maximum atomic E-state index is 12.8. The summed E-state index contributed by atoms with van der Waals surface area (Å²) in [5.41, 5.74) is 4.59. The fraction of sp³-hybridized carbons (Fsp3) is 0.826. The van der Waals surface area contributed by atoms with Crippen LogP contribution in [0.1, 0.15) is 200 Å². The van der Waals surface area contributed by atoms with Gasteiger partial charge in [-0.25, -0.2) is 13.9 Å². The second kappa shape index (κ2) is 35.6. The van der Waals surface area contributed by atoms with Crippen LogP contribution >= 0.6 is 15.6 Å². The summed E-state index contributed by atoms with van der Waals surface area (Å²) < 4.78 is 56.7. The van der Waals surface area contributed by atoms with Gasteiger partial charge in [0.2, 0.25) is 0 Å². The highest BCUT2D eigenvalue weighted by Gasteiger charge is 2.46. The van der Waals surface area contributed by atoms with Crippen LogP contribution in [0.4, 0.5) is 5.82 Å². The van der Waals surface area contributed by atoms with Gasteiger partial charge in [0.15, 0.2) is 12.3 Å². The molecular weight excluding hydrogens is 896 g/mol. The standard InChI is InChI=1S/C46H83N3O15P2/c1-3-5-7-9-11-13-15-17-18-20-22-24-26-28-30-32-42(51)62-38(35-59-41(50)31-29-27-25-23-21-19-16-14-12-10-8-6-4-2)36-60-65(55,56)64-66(57,58)61-37-39-43(52)44(53)45(63-39)49-34-33-40(47)48-46(49)54/h17-18,33-34,38-39,43-45,52-53H,3-16,19-32,35-37H2,1-2H3,(H,55,56)(H,57,58)(H2,47,48,54). The van der Waals surface area contributed by atoms with Gasteiger partial charge in [0, 0.05) is 19.0 Å². The van der Waals surface area contributed by atoms with Crippen molar-refractivity contribution in [3.05, 3.63) is 34.9 Å². The zero-order valence-electron chi connectivity index (χ0n) is 39.8. The number of nitrogen functional groups attached to an aromatic ring is 1. The molecule has 1 fully saturated rings. The van der Waals surface area contributed by atoms with Crippen molar-refractivity contribution in [1.82, 2.24) is 9.55 Å². The van der Waals surface area contributed by atoms with Crippen LogP contribution in [0.2, 0.25) is 0 Å². The zero-order valence-corrected chi connectivity index (χ0v) is 41.6. The Kier molecular flexibility index (Phi) is 32.2. The quantitative estimate of drug-likeness (QED) is 0.0177. The van der Waals surface area contributed by atoms with Gasteiger partial charge in [0.05, 0.1) is 13.2 Å². The molecule has 1 aromatic rings. The molecule has 2 rings (SSSR count). The number of nitrogens with two attached hydrogens (primary N) is 1. The first-order valence-electron chi connectivity index (χ1n) is 24.7. The molecule has 0 spiro atoms. The first-order valence-corrected chi connectivity index (χ1v) is 27.7. The van der Waals surface area contributed by atoms with Gasteiger partial charge < -0.3 is 39.9 Å². The van der Waals surface area contributed by atoms with Crippen LogP contribution in [0, 0.1) is 0 Å². The van der Waals surface area contributed by atoms with Gasteiger partial charge in [-0.15, -0.1) is 0 Å². The smallest absolute Gasteiger partial charge is 0.462 e. The van der Waals surface area contributed by atoms with E-state index >= 15 is 0 Å². The Balaban J connectivity index is 1.81. The van der Waals surface area contributed by atoms with Crippen LogP contribution in [0.15, 0.2) is 29.2 Å². The van der Waals surface area contributed by atoms with Gasteiger partial charge in [-0.3, -0.25) is 23.2 Å². The van der Waals surface area contributed by atoms with Crippen LogP contribution in [-0.4, -0.2) is 85.7 Å². The number of phosphoric ester groups is 2. The van der Waals surface area contributed by atoms with Crippen molar-refractivity contribution in [2.75, 3.05) is 25.6 Å². The molecule has 382 valence electrons. The summed E-state index contributed by atoms with van der Waals surface area (Å²) in [4.78, 5) is 61.8. The molecule has 7 unspecified atom stereocenters. The fourth-order valence-corrected chi connectivity index (χ4v) is 9.60. The van der Waals surface area contributed by atoms with Crippen LogP contribution in [0.3, 0.4) is 0 Å². The van der Waals surface area contributed by atoms with Crippen molar-refractivity contribution in [2.24, 2.45) is 0 Å². The number of aliphatic hydroxyl groups is 2. The number of aromatic nitrogens is 2. The van der Waals surface area contributed by atoms with Gasteiger partial charge in [0.1, 0.15) is 30.7 Å². The average Bonchev–Trinajstić information content (AvgIpc) is 3.55. The van der Waals surface area contributed by atoms with Crippen molar-refractivity contribution in [1.29, 1.82) is 0 Å². The largest absolute Gasteiger partial charge is 0.481 e. The Hall–Kier alpha value is -2.50. The molecule has 1 aliphatic heterocycles. The Bertz CT molecular complexity index is 1650. The highest BCUT2D eigenvalue weighted by Crippen LogP contribution is 2.60. The molecule has 0 aliphatic carbocycles. The molecule has 66 heavy (non-hydrogen) atoms. The molecule has 1 aliphatic rings. The lowest BCUT2D eigenvalue weighted by atomic mass is 10.0. The fourth-order valence-electron chi connectivity index (χ4n) is 7.48. The van der Waals surface area contributed by atoms with Gasteiger partial charge >= 0.3 is 33.3 Å². The molecule has 0 radical (unpaired) electrons. The molecule has 20 heteroatoms. The normalized spacial score (nSPS) is 19.7. The minimum absolute atomic E-state index is 0.0443. The summed E-state index contributed by atoms with van der Waals surface area (Å²) in [6.07, 6.45) is 27.2. The van der Waals surface area contributed by atoms with Gasteiger partial charge in [-0.2, -0.15) is 9.29 Å². The number of hydrogen-bond acceptors (Lipinski definition) is 15. The summed E-state index contributed by atoms with van der Waals surface area (Å²) in [7, 11) is -10.8. The maximum Gasteiger partial charge on any atom is 0.481 e. The van der Waals surface area contributed by atoms with Gasteiger partial charge in [0.25, 0.3) is 0 Å². The number of carbonyl (C=O) groups excluding carboxylic acids is 2. The van der Waals surface area contributed by atoms with E-state index in [2.05, 4.69) is 35.3 Å². The number of unbranched alkanes of at least 4 members (excludes halogenated alkanes) is 23. The number of esters is 2. The topological polar surface area (TPSA) is 265 Å². The number of aliphatic hydroxyl groups excluding tert-OH is 2. The molecule has 0 bridgehead atoms. The second-order valence-electron chi connectivity index (χ2n) is 17.3. The number of anilines is 1. The number of hydrogen-bond donors (Lipinski definition) is 5. The number of allylic oxidation sites excluding steroid dienone is 2. The molecule has 6 N–H and O–H groups in total. The summed E-state index contributed by atoms with van der Waals surface area (Å²) >= 11 is 0. The number of nitrogens with zero attached hydrogens (tertiary/aromatic N) is 2. The predicted octanol–water partition coefficient (Wildman–Crippen LogP) is 9.67. The molecule has 0 amide bonds. The van der Waals surface area contributed by atoms with Crippen LogP contribution in [0.5, 0.6) is 0 Å². The van der Waals surface area contributed by atoms with E-state index in [1.807, 2.05) is 0 Å². The van der Waals surface area contributed by atoms with E-state index in [-0.39, 0.29) is 18.7 Å². The number of phosphoric acid groups is 2. The van der Waals surface area contributed by atoms with Crippen LogP contribution in [-0.2, 0) is 46.3 Å². The third kappa shape index (κ3) is 28.1. The third-order valence-electron chi connectivity index (χ3n) is 11.4. The number of ether oxygens (including phenoxy) is 3. The van der Waals surface area contributed by atoms with Crippen molar-refractivity contribution in [3.8, 4) is 0 Å². The summed E-state index contributed by atoms with van der Waals surface area (Å²) in [5.74, 6) is -1.29. The van der Waals surface area contributed by atoms with E-state index < -0.39 is 83.7 Å². The third-order valence-corrected chi connectivity index (χ3v) is 14.0.